The monoisotopic (exact) mass is 225 g/mol. The van der Waals surface area contributed by atoms with Crippen LogP contribution in [0.5, 0.6) is 0 Å². The standard InChI is InChI=1S/C11H15NO2S/c1-3-14-11(13)9-8-6(2)4-5-7(8)15-10(9)12/h6H,3-5,12H2,1-2H3. The summed E-state index contributed by atoms with van der Waals surface area (Å²) in [6, 6.07) is 0. The Kier molecular flexibility index (Phi) is 2.69. The number of nitrogens with two attached hydrogens (primary N) is 1. The van der Waals surface area contributed by atoms with E-state index in [1.54, 1.807) is 0 Å². The Morgan fingerprint density at radius 3 is 3.07 bits per heavy atom. The molecule has 1 atom stereocenters. The lowest BCUT2D eigenvalue weighted by molar-refractivity contribution is 0.0526. The molecule has 0 aliphatic heterocycles. The van der Waals surface area contributed by atoms with Gasteiger partial charge in [-0.2, -0.15) is 0 Å². The van der Waals surface area contributed by atoms with Crippen LogP contribution in [0.4, 0.5) is 5.00 Å². The second-order valence-electron chi connectivity index (χ2n) is 3.84. The number of carbonyl (C=O) groups excluding carboxylic acids is 1. The number of rotatable bonds is 2. The predicted octanol–water partition coefficient (Wildman–Crippen LogP) is 2.56. The lowest BCUT2D eigenvalue weighted by Crippen LogP contribution is -2.09. The molecule has 2 N–H and O–H groups in total. The van der Waals surface area contributed by atoms with Crippen molar-refractivity contribution < 1.29 is 9.53 Å². The van der Waals surface area contributed by atoms with E-state index < -0.39 is 0 Å². The molecule has 1 aromatic rings. The van der Waals surface area contributed by atoms with Crippen molar-refractivity contribution >= 4 is 22.3 Å². The maximum absolute atomic E-state index is 11.7. The Morgan fingerprint density at radius 2 is 2.40 bits per heavy atom. The van der Waals surface area contributed by atoms with Crippen molar-refractivity contribution in [3.63, 3.8) is 0 Å². The van der Waals surface area contributed by atoms with Crippen molar-refractivity contribution in [2.45, 2.75) is 32.6 Å². The summed E-state index contributed by atoms with van der Waals surface area (Å²) in [5, 5.41) is 0.616. The Labute approximate surface area is 93.2 Å². The first-order valence-electron chi connectivity index (χ1n) is 5.23. The van der Waals surface area contributed by atoms with E-state index in [0.29, 0.717) is 23.1 Å². The molecule has 0 radical (unpaired) electrons. The molecule has 0 saturated carbocycles. The van der Waals surface area contributed by atoms with Crippen LogP contribution in [-0.2, 0) is 11.2 Å². The van der Waals surface area contributed by atoms with Gasteiger partial charge in [0.15, 0.2) is 0 Å². The van der Waals surface area contributed by atoms with E-state index in [-0.39, 0.29) is 5.97 Å². The summed E-state index contributed by atoms with van der Waals surface area (Å²) in [4.78, 5) is 13.0. The molecule has 1 aliphatic carbocycles. The zero-order valence-corrected chi connectivity index (χ0v) is 9.82. The topological polar surface area (TPSA) is 52.3 Å². The molecule has 0 fully saturated rings. The Balaban J connectivity index is 2.42. The Bertz CT molecular complexity index is 398. The molecule has 0 saturated heterocycles. The first kappa shape index (κ1) is 10.5. The number of carbonyl (C=O) groups is 1. The van der Waals surface area contributed by atoms with Gasteiger partial charge in [-0.05, 0) is 31.2 Å². The highest BCUT2D eigenvalue weighted by Crippen LogP contribution is 2.43. The molecule has 1 heterocycles. The van der Waals surface area contributed by atoms with E-state index in [1.165, 1.54) is 16.2 Å². The molecular formula is C11H15NO2S. The normalized spacial score (nSPS) is 18.9. The maximum atomic E-state index is 11.7. The van der Waals surface area contributed by atoms with E-state index >= 15 is 0 Å². The van der Waals surface area contributed by atoms with Gasteiger partial charge >= 0.3 is 5.97 Å². The van der Waals surface area contributed by atoms with Crippen LogP contribution in [0.1, 0.15) is 47.0 Å². The van der Waals surface area contributed by atoms with E-state index in [0.717, 1.165) is 18.4 Å². The van der Waals surface area contributed by atoms with Crippen LogP contribution in [-0.4, -0.2) is 12.6 Å². The molecule has 3 nitrogen and oxygen atoms in total. The molecule has 2 rings (SSSR count). The van der Waals surface area contributed by atoms with Gasteiger partial charge in [0, 0.05) is 4.88 Å². The minimum atomic E-state index is -0.263. The number of hydrogen-bond donors (Lipinski definition) is 1. The van der Waals surface area contributed by atoms with Gasteiger partial charge in [-0.3, -0.25) is 0 Å². The maximum Gasteiger partial charge on any atom is 0.341 e. The zero-order chi connectivity index (χ0) is 11.0. The van der Waals surface area contributed by atoms with Gasteiger partial charge in [0.2, 0.25) is 0 Å². The molecule has 0 amide bonds. The fraction of sp³-hybridized carbons (Fsp3) is 0.545. The highest BCUT2D eigenvalue weighted by Gasteiger charge is 2.30. The molecule has 1 aromatic heterocycles. The van der Waals surface area contributed by atoms with Crippen molar-refractivity contribution in [2.75, 3.05) is 12.3 Å². The second-order valence-corrected chi connectivity index (χ2v) is 4.98. The SMILES string of the molecule is CCOC(=O)c1c(N)sc2c1C(C)CC2. The number of esters is 1. The van der Waals surface area contributed by atoms with Gasteiger partial charge in [0.25, 0.3) is 0 Å². The van der Waals surface area contributed by atoms with Crippen LogP contribution in [0.25, 0.3) is 0 Å². The number of ether oxygens (including phenoxy) is 1. The van der Waals surface area contributed by atoms with Crippen molar-refractivity contribution in [3.05, 3.63) is 16.0 Å². The van der Waals surface area contributed by atoms with Gasteiger partial charge in [-0.25, -0.2) is 4.79 Å². The summed E-state index contributed by atoms with van der Waals surface area (Å²) in [5.74, 6) is 0.175. The molecule has 4 heteroatoms. The molecule has 1 unspecified atom stereocenters. The van der Waals surface area contributed by atoms with E-state index in [1.807, 2.05) is 6.92 Å². The van der Waals surface area contributed by atoms with Gasteiger partial charge in [0.05, 0.1) is 12.2 Å². The van der Waals surface area contributed by atoms with Crippen LogP contribution >= 0.6 is 11.3 Å². The number of thiophene rings is 1. The number of hydrogen-bond acceptors (Lipinski definition) is 4. The third-order valence-electron chi connectivity index (χ3n) is 2.83. The van der Waals surface area contributed by atoms with E-state index in [4.69, 9.17) is 10.5 Å². The van der Waals surface area contributed by atoms with Crippen LogP contribution < -0.4 is 5.73 Å². The van der Waals surface area contributed by atoms with Crippen molar-refractivity contribution in [2.24, 2.45) is 0 Å². The van der Waals surface area contributed by atoms with Crippen molar-refractivity contribution in [1.82, 2.24) is 0 Å². The summed E-state index contributed by atoms with van der Waals surface area (Å²) < 4.78 is 5.03. The quantitative estimate of drug-likeness (QED) is 0.787. The van der Waals surface area contributed by atoms with Crippen molar-refractivity contribution in [3.8, 4) is 0 Å². The number of anilines is 1. The fourth-order valence-corrected chi connectivity index (χ4v) is 3.32. The molecule has 0 spiro atoms. The average Bonchev–Trinajstić information content (AvgIpc) is 2.67. The third-order valence-corrected chi connectivity index (χ3v) is 3.92. The molecule has 0 aromatic carbocycles. The van der Waals surface area contributed by atoms with Gasteiger partial charge in [-0.1, -0.05) is 6.92 Å². The minimum Gasteiger partial charge on any atom is -0.462 e. The summed E-state index contributed by atoms with van der Waals surface area (Å²) in [7, 11) is 0. The van der Waals surface area contributed by atoms with E-state index in [9.17, 15) is 4.79 Å². The molecule has 1 aliphatic rings. The summed E-state index contributed by atoms with van der Waals surface area (Å²) in [5.41, 5.74) is 7.62. The highest BCUT2D eigenvalue weighted by atomic mass is 32.1. The summed E-state index contributed by atoms with van der Waals surface area (Å²) in [6.45, 7) is 4.35. The lowest BCUT2D eigenvalue weighted by atomic mass is 10.0. The predicted molar refractivity (Wildman–Crippen MR) is 61.4 cm³/mol. The second kappa shape index (κ2) is 3.85. The first-order valence-corrected chi connectivity index (χ1v) is 6.05. The fourth-order valence-electron chi connectivity index (χ4n) is 2.12. The molecule has 82 valence electrons. The van der Waals surface area contributed by atoms with Gasteiger partial charge in [-0.15, -0.1) is 11.3 Å². The van der Waals surface area contributed by atoms with Crippen LogP contribution in [0.3, 0.4) is 0 Å². The minimum absolute atomic E-state index is 0.263. The summed E-state index contributed by atoms with van der Waals surface area (Å²) >= 11 is 1.54. The van der Waals surface area contributed by atoms with Crippen LogP contribution in [0, 0.1) is 0 Å². The van der Waals surface area contributed by atoms with Gasteiger partial charge < -0.3 is 10.5 Å². The third kappa shape index (κ3) is 1.63. The number of aryl methyl sites for hydroxylation is 1. The van der Waals surface area contributed by atoms with Crippen molar-refractivity contribution in [1.29, 1.82) is 0 Å². The summed E-state index contributed by atoms with van der Waals surface area (Å²) in [6.07, 6.45) is 2.17. The first-order chi connectivity index (χ1) is 7.15. The lowest BCUT2D eigenvalue weighted by Gasteiger charge is -2.07. The highest BCUT2D eigenvalue weighted by molar-refractivity contribution is 7.16. The Morgan fingerprint density at radius 1 is 1.67 bits per heavy atom. The largest absolute Gasteiger partial charge is 0.462 e. The average molecular weight is 225 g/mol. The molecular weight excluding hydrogens is 210 g/mol. The van der Waals surface area contributed by atoms with E-state index in [2.05, 4.69) is 6.92 Å². The molecule has 15 heavy (non-hydrogen) atoms. The Hall–Kier alpha value is -1.03. The molecule has 0 bridgehead atoms. The van der Waals surface area contributed by atoms with Gasteiger partial charge in [0.1, 0.15) is 5.00 Å². The van der Waals surface area contributed by atoms with Crippen LogP contribution in [0.2, 0.25) is 0 Å². The van der Waals surface area contributed by atoms with Crippen LogP contribution in [0.15, 0.2) is 0 Å². The number of fused-ring (bicyclic) bond motifs is 1. The zero-order valence-electron chi connectivity index (χ0n) is 9.00. The number of nitrogen functional groups attached to an aromatic ring is 1. The smallest absolute Gasteiger partial charge is 0.341 e.